The molecule has 0 aromatic carbocycles. The molecule has 0 aromatic heterocycles. The van der Waals surface area contributed by atoms with Crippen LogP contribution in [0.25, 0.3) is 0 Å². The maximum absolute atomic E-state index is 8.44. The predicted molar refractivity (Wildman–Crippen MR) is 43.1 cm³/mol. The fourth-order valence-corrected chi connectivity index (χ4v) is 0.965. The van der Waals surface area contributed by atoms with Gasteiger partial charge in [0, 0.05) is 25.4 Å². The van der Waals surface area contributed by atoms with E-state index in [-0.39, 0.29) is 6.61 Å². The molecule has 0 aliphatic heterocycles. The van der Waals surface area contributed by atoms with Gasteiger partial charge >= 0.3 is 0 Å². The maximum Gasteiger partial charge on any atom is 0.0443 e. The van der Waals surface area contributed by atoms with Crippen molar-refractivity contribution in [1.29, 1.82) is 0 Å². The second kappa shape index (κ2) is 6.39. The summed E-state index contributed by atoms with van der Waals surface area (Å²) >= 11 is 4.08. The molecule has 0 atom stereocenters. The summed E-state index contributed by atoms with van der Waals surface area (Å²) in [6.45, 7) is 2.26. The summed E-state index contributed by atoms with van der Waals surface area (Å²) in [5.74, 6) is 0.891. The van der Waals surface area contributed by atoms with E-state index in [9.17, 15) is 0 Å². The molecular formula is C6H15NOS. The average molecular weight is 149 g/mol. The summed E-state index contributed by atoms with van der Waals surface area (Å²) in [5.41, 5.74) is 0. The van der Waals surface area contributed by atoms with Gasteiger partial charge in [-0.15, -0.1) is 0 Å². The molecule has 1 N–H and O–H groups in total. The Morgan fingerprint density at radius 1 is 1.44 bits per heavy atom. The Bertz CT molecular complexity index is 61.0. The second-order valence-electron chi connectivity index (χ2n) is 2.10. The lowest BCUT2D eigenvalue weighted by Crippen LogP contribution is -2.22. The minimum absolute atomic E-state index is 0.289. The van der Waals surface area contributed by atoms with E-state index in [1.807, 2.05) is 7.05 Å². The fraction of sp³-hybridized carbons (Fsp3) is 1.00. The van der Waals surface area contributed by atoms with Gasteiger partial charge in [0.25, 0.3) is 0 Å². The van der Waals surface area contributed by atoms with Gasteiger partial charge in [-0.25, -0.2) is 0 Å². The molecule has 0 saturated heterocycles. The molecule has 0 amide bonds. The van der Waals surface area contributed by atoms with Crippen LogP contribution in [0.1, 0.15) is 6.42 Å². The van der Waals surface area contributed by atoms with E-state index in [1.54, 1.807) is 0 Å². The number of hydrogen-bond donors (Lipinski definition) is 2. The van der Waals surface area contributed by atoms with E-state index in [1.165, 1.54) is 0 Å². The Morgan fingerprint density at radius 3 is 2.56 bits per heavy atom. The lowest BCUT2D eigenvalue weighted by Gasteiger charge is -2.13. The monoisotopic (exact) mass is 149 g/mol. The third-order valence-electron chi connectivity index (χ3n) is 1.18. The highest BCUT2D eigenvalue weighted by Gasteiger charge is 1.93. The molecule has 0 unspecified atom stereocenters. The molecule has 0 aromatic rings. The van der Waals surface area contributed by atoms with Crippen LogP contribution in [0.15, 0.2) is 0 Å². The first-order chi connectivity index (χ1) is 4.31. The summed E-state index contributed by atoms with van der Waals surface area (Å²) in [7, 11) is 2.03. The minimum atomic E-state index is 0.289. The average Bonchev–Trinajstić information content (AvgIpc) is 1.85. The molecule has 56 valence electrons. The Labute approximate surface area is 62.3 Å². The van der Waals surface area contributed by atoms with Crippen LogP contribution in [0, 0.1) is 0 Å². The van der Waals surface area contributed by atoms with Crippen molar-refractivity contribution in [2.24, 2.45) is 0 Å². The summed E-state index contributed by atoms with van der Waals surface area (Å²) in [6.07, 6.45) is 0.865. The zero-order chi connectivity index (χ0) is 7.11. The second-order valence-corrected chi connectivity index (χ2v) is 2.55. The van der Waals surface area contributed by atoms with Crippen molar-refractivity contribution in [1.82, 2.24) is 4.90 Å². The topological polar surface area (TPSA) is 23.5 Å². The number of hydrogen-bond acceptors (Lipinski definition) is 3. The van der Waals surface area contributed by atoms with E-state index in [0.717, 1.165) is 25.3 Å². The quantitative estimate of drug-likeness (QED) is 0.547. The van der Waals surface area contributed by atoms with Gasteiger partial charge < -0.3 is 10.0 Å². The highest BCUT2D eigenvalue weighted by atomic mass is 32.1. The largest absolute Gasteiger partial charge is 0.396 e. The zero-order valence-corrected chi connectivity index (χ0v) is 6.77. The molecular weight excluding hydrogens is 134 g/mol. The molecule has 0 spiro atoms. The van der Waals surface area contributed by atoms with Crippen molar-refractivity contribution in [2.45, 2.75) is 6.42 Å². The van der Waals surface area contributed by atoms with E-state index >= 15 is 0 Å². The van der Waals surface area contributed by atoms with Crippen molar-refractivity contribution < 1.29 is 5.11 Å². The molecule has 0 aliphatic carbocycles. The lowest BCUT2D eigenvalue weighted by atomic mass is 10.4. The standard InChI is InChI=1S/C6H15NOS/c1-7(4-6-9)3-2-5-8/h8-9H,2-6H2,1H3. The Hall–Kier alpha value is 0.270. The molecule has 3 heteroatoms. The van der Waals surface area contributed by atoms with Gasteiger partial charge in [-0.2, -0.15) is 12.6 Å². The van der Waals surface area contributed by atoms with Gasteiger partial charge in [0.2, 0.25) is 0 Å². The van der Waals surface area contributed by atoms with Crippen LogP contribution in [0.5, 0.6) is 0 Å². The summed E-state index contributed by atoms with van der Waals surface area (Å²) < 4.78 is 0. The van der Waals surface area contributed by atoms with Crippen molar-refractivity contribution in [3.8, 4) is 0 Å². The molecule has 0 bridgehead atoms. The van der Waals surface area contributed by atoms with E-state index < -0.39 is 0 Å². The first kappa shape index (κ1) is 9.27. The first-order valence-corrected chi connectivity index (χ1v) is 3.84. The van der Waals surface area contributed by atoms with Crippen molar-refractivity contribution >= 4 is 12.6 Å². The van der Waals surface area contributed by atoms with Crippen molar-refractivity contribution in [3.05, 3.63) is 0 Å². The van der Waals surface area contributed by atoms with Gasteiger partial charge in [0.1, 0.15) is 0 Å². The minimum Gasteiger partial charge on any atom is -0.396 e. The predicted octanol–water partition coefficient (Wildman–Crippen LogP) is 0.230. The molecule has 0 saturated carbocycles. The number of aliphatic hydroxyl groups excluding tert-OH is 1. The van der Waals surface area contributed by atoms with Gasteiger partial charge in [-0.1, -0.05) is 0 Å². The highest BCUT2D eigenvalue weighted by molar-refractivity contribution is 7.80. The molecule has 0 rings (SSSR count). The van der Waals surface area contributed by atoms with Gasteiger partial charge in [-0.3, -0.25) is 0 Å². The summed E-state index contributed by atoms with van der Waals surface area (Å²) in [5, 5.41) is 8.44. The molecule has 0 aliphatic rings. The van der Waals surface area contributed by atoms with Crippen LogP contribution in [-0.2, 0) is 0 Å². The van der Waals surface area contributed by atoms with E-state index in [0.29, 0.717) is 0 Å². The molecule has 0 radical (unpaired) electrons. The smallest absolute Gasteiger partial charge is 0.0443 e. The summed E-state index contributed by atoms with van der Waals surface area (Å²) in [6, 6.07) is 0. The third-order valence-corrected chi connectivity index (χ3v) is 1.38. The Kier molecular flexibility index (Phi) is 6.58. The van der Waals surface area contributed by atoms with Crippen LogP contribution in [0.2, 0.25) is 0 Å². The van der Waals surface area contributed by atoms with Gasteiger partial charge in [0.15, 0.2) is 0 Å². The zero-order valence-electron chi connectivity index (χ0n) is 5.88. The first-order valence-electron chi connectivity index (χ1n) is 3.21. The third kappa shape index (κ3) is 6.15. The number of thiol groups is 1. The Morgan fingerprint density at radius 2 is 2.11 bits per heavy atom. The van der Waals surface area contributed by atoms with Crippen LogP contribution >= 0.6 is 12.6 Å². The molecule has 0 heterocycles. The highest BCUT2D eigenvalue weighted by Crippen LogP contribution is 1.86. The number of aliphatic hydroxyl groups is 1. The van der Waals surface area contributed by atoms with Crippen LogP contribution in [-0.4, -0.2) is 42.5 Å². The molecule has 2 nitrogen and oxygen atoms in total. The van der Waals surface area contributed by atoms with E-state index in [2.05, 4.69) is 17.5 Å². The van der Waals surface area contributed by atoms with Crippen LogP contribution in [0.3, 0.4) is 0 Å². The van der Waals surface area contributed by atoms with Gasteiger partial charge in [0.05, 0.1) is 0 Å². The van der Waals surface area contributed by atoms with Crippen molar-refractivity contribution in [2.75, 3.05) is 32.5 Å². The maximum atomic E-state index is 8.44. The number of rotatable bonds is 5. The lowest BCUT2D eigenvalue weighted by molar-refractivity contribution is 0.253. The fourth-order valence-electron chi connectivity index (χ4n) is 0.623. The molecule has 0 fully saturated rings. The van der Waals surface area contributed by atoms with Crippen LogP contribution < -0.4 is 0 Å². The normalized spacial score (nSPS) is 10.7. The summed E-state index contributed by atoms with van der Waals surface area (Å²) in [4.78, 5) is 2.16. The van der Waals surface area contributed by atoms with Gasteiger partial charge in [-0.05, 0) is 13.5 Å². The molecule has 9 heavy (non-hydrogen) atoms. The number of nitrogens with zero attached hydrogens (tertiary/aromatic N) is 1. The van der Waals surface area contributed by atoms with E-state index in [4.69, 9.17) is 5.11 Å². The van der Waals surface area contributed by atoms with Crippen LogP contribution in [0.4, 0.5) is 0 Å². The Balaban J connectivity index is 2.95. The van der Waals surface area contributed by atoms with Crippen molar-refractivity contribution in [3.63, 3.8) is 0 Å². The SMILES string of the molecule is CN(CCS)CCCO.